The zero-order valence-corrected chi connectivity index (χ0v) is 8.31. The van der Waals surface area contributed by atoms with Gasteiger partial charge >= 0.3 is 0 Å². The lowest BCUT2D eigenvalue weighted by Gasteiger charge is -2.24. The van der Waals surface area contributed by atoms with Crippen LogP contribution in [0.4, 0.5) is 0 Å². The summed E-state index contributed by atoms with van der Waals surface area (Å²) in [7, 11) is 0. The molecule has 0 saturated heterocycles. The first-order chi connectivity index (χ1) is 6.21. The molecule has 13 heavy (non-hydrogen) atoms. The second-order valence-corrected chi connectivity index (χ2v) is 4.28. The molecule has 0 aromatic carbocycles. The molecule has 0 bridgehead atoms. The third-order valence-corrected chi connectivity index (χ3v) is 3.31. The summed E-state index contributed by atoms with van der Waals surface area (Å²) in [5.74, 6) is 0. The van der Waals surface area contributed by atoms with Crippen molar-refractivity contribution in [2.45, 2.75) is 51.0 Å². The quantitative estimate of drug-likeness (QED) is 0.576. The topological polar surface area (TPSA) is 19.9 Å². The van der Waals surface area contributed by atoms with Gasteiger partial charge in [0.05, 0.1) is 0 Å². The molecule has 0 saturated carbocycles. The van der Waals surface area contributed by atoms with Crippen LogP contribution >= 0.6 is 0 Å². The van der Waals surface area contributed by atoms with Gasteiger partial charge in [-0.25, -0.2) is 5.11 Å². The van der Waals surface area contributed by atoms with E-state index in [0.717, 1.165) is 36.8 Å². The van der Waals surface area contributed by atoms with Gasteiger partial charge in [0.2, 0.25) is 0 Å². The molecule has 0 fully saturated rings. The van der Waals surface area contributed by atoms with Crippen LogP contribution in [-0.4, -0.2) is 5.60 Å². The van der Waals surface area contributed by atoms with Gasteiger partial charge in [-0.15, -0.1) is 0 Å². The van der Waals surface area contributed by atoms with Crippen molar-refractivity contribution >= 4 is 0 Å². The average Bonchev–Trinajstić information content (AvgIpc) is 2.78. The molecule has 0 N–H and O–H groups in total. The molecule has 2 rings (SSSR count). The molecular formula is C12H17O. The molecule has 2 aliphatic carbocycles. The third kappa shape index (κ3) is 1.58. The first-order valence-electron chi connectivity index (χ1n) is 5.31. The highest BCUT2D eigenvalue weighted by atomic mass is 16.3. The molecule has 0 spiro atoms. The molecule has 0 aromatic rings. The van der Waals surface area contributed by atoms with Crippen molar-refractivity contribution in [3.63, 3.8) is 0 Å². The van der Waals surface area contributed by atoms with E-state index in [4.69, 9.17) is 0 Å². The average molecular weight is 177 g/mol. The molecule has 0 amide bonds. The van der Waals surface area contributed by atoms with Crippen LogP contribution in [0.5, 0.6) is 0 Å². The smallest absolute Gasteiger partial charge is 0.143 e. The SMILES string of the molecule is CC([O])(C1=CCCC1)C1=CCCC1. The summed E-state index contributed by atoms with van der Waals surface area (Å²) >= 11 is 0. The zero-order valence-electron chi connectivity index (χ0n) is 8.31. The minimum absolute atomic E-state index is 0.868. The van der Waals surface area contributed by atoms with Crippen LogP contribution in [-0.2, 0) is 5.11 Å². The van der Waals surface area contributed by atoms with Gasteiger partial charge in [-0.3, -0.25) is 0 Å². The maximum absolute atomic E-state index is 12.4. The first kappa shape index (κ1) is 9.01. The normalized spacial score (nSPS) is 23.2. The summed E-state index contributed by atoms with van der Waals surface area (Å²) in [6.07, 6.45) is 11.0. The molecule has 2 aliphatic rings. The molecule has 1 heteroatoms. The van der Waals surface area contributed by atoms with Gasteiger partial charge in [0, 0.05) is 0 Å². The fraction of sp³-hybridized carbons (Fsp3) is 0.667. The molecule has 0 aliphatic heterocycles. The van der Waals surface area contributed by atoms with Crippen molar-refractivity contribution < 1.29 is 5.11 Å². The van der Waals surface area contributed by atoms with E-state index >= 15 is 0 Å². The maximum Gasteiger partial charge on any atom is 0.143 e. The Kier molecular flexibility index (Phi) is 2.29. The van der Waals surface area contributed by atoms with Crippen molar-refractivity contribution in [3.8, 4) is 0 Å². The maximum atomic E-state index is 12.4. The van der Waals surface area contributed by atoms with E-state index in [1.807, 2.05) is 6.92 Å². The molecular weight excluding hydrogens is 160 g/mol. The lowest BCUT2D eigenvalue weighted by atomic mass is 9.87. The Morgan fingerprint density at radius 1 is 1.08 bits per heavy atom. The Balaban J connectivity index is 2.18. The Labute approximate surface area is 80.2 Å². The summed E-state index contributed by atoms with van der Waals surface area (Å²) < 4.78 is 0. The van der Waals surface area contributed by atoms with E-state index in [0.29, 0.717) is 0 Å². The molecule has 0 unspecified atom stereocenters. The zero-order chi connectivity index (χ0) is 9.31. The summed E-state index contributed by atoms with van der Waals surface area (Å²) in [6, 6.07) is 0. The molecule has 0 atom stereocenters. The first-order valence-corrected chi connectivity index (χ1v) is 5.31. The summed E-state index contributed by atoms with van der Waals surface area (Å²) in [6.45, 7) is 1.85. The van der Waals surface area contributed by atoms with Crippen molar-refractivity contribution in [2.75, 3.05) is 0 Å². The summed E-state index contributed by atoms with van der Waals surface area (Å²) in [4.78, 5) is 0. The largest absolute Gasteiger partial charge is 0.220 e. The number of hydrogen-bond donors (Lipinski definition) is 0. The standard InChI is InChI=1S/C12H17O/c1-12(13,10-6-2-3-7-10)11-8-4-5-9-11/h6,8H,2-5,7,9H2,1H3. The van der Waals surface area contributed by atoms with Crippen LogP contribution in [0, 0.1) is 0 Å². The van der Waals surface area contributed by atoms with Gasteiger partial charge < -0.3 is 0 Å². The number of hydrogen-bond acceptors (Lipinski definition) is 0. The van der Waals surface area contributed by atoms with E-state index in [1.54, 1.807) is 0 Å². The van der Waals surface area contributed by atoms with E-state index in [9.17, 15) is 5.11 Å². The fourth-order valence-corrected chi connectivity index (χ4v) is 2.41. The van der Waals surface area contributed by atoms with Crippen LogP contribution in [0.25, 0.3) is 0 Å². The van der Waals surface area contributed by atoms with Crippen molar-refractivity contribution in [2.24, 2.45) is 0 Å². The van der Waals surface area contributed by atoms with Crippen LogP contribution < -0.4 is 0 Å². The highest BCUT2D eigenvalue weighted by molar-refractivity contribution is 5.34. The van der Waals surface area contributed by atoms with E-state index in [1.165, 1.54) is 12.8 Å². The van der Waals surface area contributed by atoms with Gasteiger partial charge in [-0.1, -0.05) is 12.2 Å². The Hall–Kier alpha value is -0.560. The van der Waals surface area contributed by atoms with Crippen LogP contribution in [0.1, 0.15) is 45.4 Å². The van der Waals surface area contributed by atoms with E-state index < -0.39 is 5.60 Å². The molecule has 0 heterocycles. The van der Waals surface area contributed by atoms with Gasteiger partial charge in [-0.2, -0.15) is 0 Å². The van der Waals surface area contributed by atoms with Crippen molar-refractivity contribution in [3.05, 3.63) is 23.3 Å². The Morgan fingerprint density at radius 2 is 1.54 bits per heavy atom. The van der Waals surface area contributed by atoms with Gasteiger partial charge in [-0.05, 0) is 56.6 Å². The molecule has 71 valence electrons. The predicted octanol–water partition coefficient (Wildman–Crippen LogP) is 3.40. The minimum Gasteiger partial charge on any atom is -0.220 e. The monoisotopic (exact) mass is 177 g/mol. The second kappa shape index (κ2) is 3.30. The molecule has 0 aromatic heterocycles. The van der Waals surface area contributed by atoms with Crippen molar-refractivity contribution in [1.29, 1.82) is 0 Å². The fourth-order valence-electron chi connectivity index (χ4n) is 2.41. The third-order valence-electron chi connectivity index (χ3n) is 3.31. The Bertz CT molecular complexity index is 232. The van der Waals surface area contributed by atoms with E-state index in [2.05, 4.69) is 12.2 Å². The van der Waals surface area contributed by atoms with Crippen LogP contribution in [0.15, 0.2) is 23.3 Å². The summed E-state index contributed by atoms with van der Waals surface area (Å²) in [5, 5.41) is 12.4. The highest BCUT2D eigenvalue weighted by Gasteiger charge is 2.34. The van der Waals surface area contributed by atoms with Crippen LogP contribution in [0.3, 0.4) is 0 Å². The molecule has 1 nitrogen and oxygen atoms in total. The van der Waals surface area contributed by atoms with Gasteiger partial charge in [0.1, 0.15) is 5.60 Å². The second-order valence-electron chi connectivity index (χ2n) is 4.28. The molecule has 1 radical (unpaired) electrons. The predicted molar refractivity (Wildman–Crippen MR) is 53.0 cm³/mol. The summed E-state index contributed by atoms with van der Waals surface area (Å²) in [5.41, 5.74) is 1.41. The van der Waals surface area contributed by atoms with Gasteiger partial charge in [0.25, 0.3) is 0 Å². The number of rotatable bonds is 2. The van der Waals surface area contributed by atoms with E-state index in [-0.39, 0.29) is 0 Å². The Morgan fingerprint density at radius 3 is 1.85 bits per heavy atom. The van der Waals surface area contributed by atoms with Gasteiger partial charge in [0.15, 0.2) is 0 Å². The highest BCUT2D eigenvalue weighted by Crippen LogP contribution is 2.38. The minimum atomic E-state index is -0.868. The lowest BCUT2D eigenvalue weighted by Crippen LogP contribution is -2.26. The van der Waals surface area contributed by atoms with Crippen molar-refractivity contribution in [1.82, 2.24) is 0 Å². The van der Waals surface area contributed by atoms with Crippen LogP contribution in [0.2, 0.25) is 0 Å². The number of allylic oxidation sites excluding steroid dienone is 2. The lowest BCUT2D eigenvalue weighted by molar-refractivity contribution is 0.0498.